The number of benzene rings is 1. The minimum absolute atomic E-state index is 0.0253. The molecule has 1 aromatic rings. The van der Waals surface area contributed by atoms with Crippen LogP contribution in [0.25, 0.3) is 0 Å². The average Bonchev–Trinajstić information content (AvgIpc) is 2.74. The number of alkyl halides is 2. The molecule has 0 spiro atoms. The van der Waals surface area contributed by atoms with Crippen LogP contribution in [0, 0.1) is 0 Å². The van der Waals surface area contributed by atoms with Crippen molar-refractivity contribution >= 4 is 0 Å². The fraction of sp³-hybridized carbons (Fsp3) is 0.455. The smallest absolute Gasteiger partial charge is 0.253 e. The zero-order valence-corrected chi connectivity index (χ0v) is 9.28. The zero-order chi connectivity index (χ0) is 12.4. The number of halogens is 2. The Kier molecular flexibility index (Phi) is 3.33. The van der Waals surface area contributed by atoms with Crippen LogP contribution in [0.1, 0.15) is 5.56 Å². The molecule has 0 amide bonds. The van der Waals surface area contributed by atoms with E-state index in [0.717, 1.165) is 0 Å². The van der Waals surface area contributed by atoms with Gasteiger partial charge in [0.25, 0.3) is 6.43 Å². The van der Waals surface area contributed by atoms with Gasteiger partial charge in [-0.3, -0.25) is 0 Å². The van der Waals surface area contributed by atoms with E-state index in [1.54, 1.807) is 12.1 Å². The predicted octanol–water partition coefficient (Wildman–Crippen LogP) is 1.56. The van der Waals surface area contributed by atoms with E-state index < -0.39 is 12.5 Å². The topological polar surface area (TPSA) is 53.7 Å². The predicted molar refractivity (Wildman–Crippen MR) is 56.8 cm³/mol. The molecule has 4 nitrogen and oxygen atoms in total. The molecule has 1 heterocycles. The maximum absolute atomic E-state index is 12.4. The molecule has 1 unspecified atom stereocenters. The minimum Gasteiger partial charge on any atom is -0.496 e. The summed E-state index contributed by atoms with van der Waals surface area (Å²) in [5.41, 5.74) is 5.93. The molecule has 94 valence electrons. The first kappa shape index (κ1) is 11.9. The molecule has 0 radical (unpaired) electrons. The van der Waals surface area contributed by atoms with Crippen molar-refractivity contribution in [3.63, 3.8) is 0 Å². The lowest BCUT2D eigenvalue weighted by Gasteiger charge is -2.14. The number of ether oxygens (including phenoxy) is 3. The van der Waals surface area contributed by atoms with Crippen LogP contribution in [-0.2, 0) is 6.42 Å². The average molecular weight is 245 g/mol. The zero-order valence-electron chi connectivity index (χ0n) is 9.28. The number of rotatable bonds is 4. The summed E-state index contributed by atoms with van der Waals surface area (Å²) in [5, 5.41) is 0. The Morgan fingerprint density at radius 1 is 1.35 bits per heavy atom. The van der Waals surface area contributed by atoms with E-state index in [-0.39, 0.29) is 13.2 Å². The highest BCUT2D eigenvalue weighted by molar-refractivity contribution is 5.52. The van der Waals surface area contributed by atoms with E-state index in [0.29, 0.717) is 22.8 Å². The van der Waals surface area contributed by atoms with Crippen molar-refractivity contribution in [2.75, 3.05) is 13.9 Å². The normalized spacial score (nSPS) is 15.1. The largest absolute Gasteiger partial charge is 0.496 e. The Hall–Kier alpha value is -1.56. The molecule has 1 aliphatic rings. The van der Waals surface area contributed by atoms with Gasteiger partial charge in [0.15, 0.2) is 11.5 Å². The van der Waals surface area contributed by atoms with Crippen LogP contribution >= 0.6 is 0 Å². The van der Waals surface area contributed by atoms with Crippen LogP contribution in [0.5, 0.6) is 17.2 Å². The van der Waals surface area contributed by atoms with Crippen molar-refractivity contribution in [3.05, 3.63) is 17.7 Å². The SMILES string of the molecule is COc1cc2c(cc1CC(N)C(F)F)OCO2. The van der Waals surface area contributed by atoms with Crippen molar-refractivity contribution in [2.24, 2.45) is 5.73 Å². The van der Waals surface area contributed by atoms with Gasteiger partial charge in [0.1, 0.15) is 5.75 Å². The molecule has 1 aromatic carbocycles. The van der Waals surface area contributed by atoms with Crippen molar-refractivity contribution in [1.29, 1.82) is 0 Å². The number of hydrogen-bond acceptors (Lipinski definition) is 4. The highest BCUT2D eigenvalue weighted by Gasteiger charge is 2.22. The summed E-state index contributed by atoms with van der Waals surface area (Å²) >= 11 is 0. The molecular weight excluding hydrogens is 232 g/mol. The fourth-order valence-electron chi connectivity index (χ4n) is 1.66. The van der Waals surface area contributed by atoms with Crippen LogP contribution in [0.3, 0.4) is 0 Å². The number of nitrogens with two attached hydrogens (primary N) is 1. The molecule has 0 fully saturated rings. The highest BCUT2D eigenvalue weighted by atomic mass is 19.3. The molecule has 0 aliphatic carbocycles. The van der Waals surface area contributed by atoms with Gasteiger partial charge in [0.2, 0.25) is 6.79 Å². The van der Waals surface area contributed by atoms with E-state index in [1.165, 1.54) is 7.11 Å². The van der Waals surface area contributed by atoms with Gasteiger partial charge in [-0.25, -0.2) is 8.78 Å². The van der Waals surface area contributed by atoms with Gasteiger partial charge in [0.05, 0.1) is 13.2 Å². The van der Waals surface area contributed by atoms with Crippen LogP contribution in [0.4, 0.5) is 8.78 Å². The standard InChI is InChI=1S/C11H13F2NO3/c1-15-8-4-10-9(16-5-17-10)3-6(8)2-7(14)11(12)13/h3-4,7,11H,2,5,14H2,1H3. The quantitative estimate of drug-likeness (QED) is 0.874. The van der Waals surface area contributed by atoms with Crippen LogP contribution in [0.2, 0.25) is 0 Å². The molecule has 0 saturated heterocycles. The van der Waals surface area contributed by atoms with Crippen LogP contribution < -0.4 is 19.9 Å². The molecule has 0 saturated carbocycles. The number of fused-ring (bicyclic) bond motifs is 1. The van der Waals surface area contributed by atoms with Crippen molar-refractivity contribution < 1.29 is 23.0 Å². The highest BCUT2D eigenvalue weighted by Crippen LogP contribution is 2.38. The minimum atomic E-state index is -2.56. The number of methoxy groups -OCH3 is 1. The van der Waals surface area contributed by atoms with E-state index in [4.69, 9.17) is 19.9 Å². The first-order chi connectivity index (χ1) is 8.11. The summed E-state index contributed by atoms with van der Waals surface area (Å²) in [5.74, 6) is 1.56. The Bertz CT molecular complexity index is 412. The molecule has 0 aromatic heterocycles. The summed E-state index contributed by atoms with van der Waals surface area (Å²) in [6.45, 7) is 0.128. The molecule has 6 heteroatoms. The van der Waals surface area contributed by atoms with Gasteiger partial charge >= 0.3 is 0 Å². The first-order valence-electron chi connectivity index (χ1n) is 5.12. The van der Waals surface area contributed by atoms with E-state index in [1.807, 2.05) is 0 Å². The second-order valence-corrected chi connectivity index (χ2v) is 3.72. The van der Waals surface area contributed by atoms with Gasteiger partial charge < -0.3 is 19.9 Å². The summed E-state index contributed by atoms with van der Waals surface area (Å²) in [6.07, 6.45) is -2.54. The summed E-state index contributed by atoms with van der Waals surface area (Å²) in [7, 11) is 1.47. The van der Waals surface area contributed by atoms with Gasteiger partial charge in [-0.05, 0) is 18.1 Å². The Labute approximate surface area is 97.3 Å². The van der Waals surface area contributed by atoms with E-state index in [9.17, 15) is 8.78 Å². The molecule has 2 rings (SSSR count). The lowest BCUT2D eigenvalue weighted by Crippen LogP contribution is -2.31. The van der Waals surface area contributed by atoms with Crippen LogP contribution in [0.15, 0.2) is 12.1 Å². The molecule has 1 aliphatic heterocycles. The molecule has 2 N–H and O–H groups in total. The number of hydrogen-bond donors (Lipinski definition) is 1. The van der Waals surface area contributed by atoms with Gasteiger partial charge in [-0.15, -0.1) is 0 Å². The van der Waals surface area contributed by atoms with Crippen molar-refractivity contribution in [2.45, 2.75) is 18.9 Å². The third-order valence-electron chi connectivity index (χ3n) is 2.55. The summed E-state index contributed by atoms with van der Waals surface area (Å²) in [4.78, 5) is 0. The molecule has 0 bridgehead atoms. The molecule has 17 heavy (non-hydrogen) atoms. The second kappa shape index (κ2) is 4.75. The van der Waals surface area contributed by atoms with Crippen molar-refractivity contribution in [3.8, 4) is 17.2 Å². The monoisotopic (exact) mass is 245 g/mol. The molecular formula is C11H13F2NO3. The summed E-state index contributed by atoms with van der Waals surface area (Å²) < 4.78 is 40.3. The Balaban J connectivity index is 2.26. The lowest BCUT2D eigenvalue weighted by atomic mass is 10.0. The van der Waals surface area contributed by atoms with Gasteiger partial charge in [-0.2, -0.15) is 0 Å². The second-order valence-electron chi connectivity index (χ2n) is 3.72. The Morgan fingerprint density at radius 2 is 2.00 bits per heavy atom. The third-order valence-corrected chi connectivity index (χ3v) is 2.55. The van der Waals surface area contributed by atoms with Crippen molar-refractivity contribution in [1.82, 2.24) is 0 Å². The van der Waals surface area contributed by atoms with E-state index in [2.05, 4.69) is 0 Å². The fourth-order valence-corrected chi connectivity index (χ4v) is 1.66. The molecule has 1 atom stereocenters. The maximum atomic E-state index is 12.4. The maximum Gasteiger partial charge on any atom is 0.253 e. The van der Waals surface area contributed by atoms with Gasteiger partial charge in [-0.1, -0.05) is 0 Å². The van der Waals surface area contributed by atoms with Crippen LogP contribution in [-0.4, -0.2) is 26.4 Å². The Morgan fingerprint density at radius 3 is 2.59 bits per heavy atom. The third kappa shape index (κ3) is 2.41. The summed E-state index contributed by atoms with van der Waals surface area (Å²) in [6, 6.07) is 2.03. The first-order valence-corrected chi connectivity index (χ1v) is 5.12. The van der Waals surface area contributed by atoms with Gasteiger partial charge in [0, 0.05) is 6.07 Å². The lowest BCUT2D eigenvalue weighted by molar-refractivity contribution is 0.115. The van der Waals surface area contributed by atoms with E-state index >= 15 is 0 Å².